The molecule has 1 heterocycles. The number of rotatable bonds is 3. The lowest BCUT2D eigenvalue weighted by molar-refractivity contribution is 0.507. The second-order valence-electron chi connectivity index (χ2n) is 3.16. The quantitative estimate of drug-likeness (QED) is 0.946. The monoisotopic (exact) mass is 301 g/mol. The van der Waals surface area contributed by atoms with E-state index in [0.717, 1.165) is 10.0 Å². The predicted octanol–water partition coefficient (Wildman–Crippen LogP) is 2.65. The first-order valence-electron chi connectivity index (χ1n) is 4.68. The Morgan fingerprint density at radius 1 is 1.38 bits per heavy atom. The second kappa shape index (κ2) is 4.95. The minimum Gasteiger partial charge on any atom is -0.421 e. The lowest BCUT2D eigenvalue weighted by atomic mass is 10.2. The van der Waals surface area contributed by atoms with Crippen LogP contribution in [0, 0.1) is 0 Å². The molecule has 0 fully saturated rings. The number of halogens is 2. The van der Waals surface area contributed by atoms with Crippen molar-refractivity contribution in [3.8, 4) is 11.5 Å². The smallest absolute Gasteiger partial charge is 0.248 e. The van der Waals surface area contributed by atoms with Crippen LogP contribution in [0.5, 0.6) is 0 Å². The van der Waals surface area contributed by atoms with Gasteiger partial charge in [0.1, 0.15) is 0 Å². The fourth-order valence-electron chi connectivity index (χ4n) is 1.25. The first-order valence-corrected chi connectivity index (χ1v) is 5.85. The van der Waals surface area contributed by atoms with Gasteiger partial charge in [-0.3, -0.25) is 0 Å². The number of aromatic nitrogens is 2. The standard InChI is InChI=1S/C10H9BrClN3O/c11-8-5-6(12)1-2-7(8)10-15-14-9(16-10)3-4-13/h1-2,5H,3-4,13H2. The molecule has 0 atom stereocenters. The molecule has 0 radical (unpaired) electrons. The van der Waals surface area contributed by atoms with E-state index in [2.05, 4.69) is 26.1 Å². The van der Waals surface area contributed by atoms with E-state index in [4.69, 9.17) is 21.8 Å². The predicted molar refractivity (Wildman–Crippen MR) is 65.2 cm³/mol. The van der Waals surface area contributed by atoms with Gasteiger partial charge in [-0.1, -0.05) is 11.6 Å². The van der Waals surface area contributed by atoms with Crippen molar-refractivity contribution in [1.82, 2.24) is 10.2 Å². The van der Waals surface area contributed by atoms with Gasteiger partial charge in [0, 0.05) is 22.5 Å². The summed E-state index contributed by atoms with van der Waals surface area (Å²) in [6.07, 6.45) is 0.582. The van der Waals surface area contributed by atoms with Crippen molar-refractivity contribution >= 4 is 27.5 Å². The first-order chi connectivity index (χ1) is 7.70. The highest BCUT2D eigenvalue weighted by Gasteiger charge is 2.11. The van der Waals surface area contributed by atoms with Gasteiger partial charge in [0.05, 0.1) is 5.56 Å². The molecule has 2 N–H and O–H groups in total. The lowest BCUT2D eigenvalue weighted by Gasteiger charge is -1.99. The molecule has 6 heteroatoms. The number of nitrogens with zero attached hydrogens (tertiary/aromatic N) is 2. The van der Waals surface area contributed by atoms with E-state index in [1.54, 1.807) is 12.1 Å². The summed E-state index contributed by atoms with van der Waals surface area (Å²) < 4.78 is 6.28. The molecule has 1 aromatic carbocycles. The minimum atomic E-state index is 0.465. The van der Waals surface area contributed by atoms with Crippen LogP contribution in [0.4, 0.5) is 0 Å². The Labute approximate surface area is 106 Å². The summed E-state index contributed by atoms with van der Waals surface area (Å²) in [5.74, 6) is 1.01. The maximum absolute atomic E-state index is 5.85. The largest absolute Gasteiger partial charge is 0.421 e. The maximum atomic E-state index is 5.85. The van der Waals surface area contributed by atoms with E-state index in [1.165, 1.54) is 0 Å². The average Bonchev–Trinajstić information content (AvgIpc) is 2.67. The molecule has 4 nitrogen and oxygen atoms in total. The van der Waals surface area contributed by atoms with Crippen LogP contribution in [0.25, 0.3) is 11.5 Å². The third-order valence-corrected chi connectivity index (χ3v) is 2.88. The summed E-state index contributed by atoms with van der Waals surface area (Å²) >= 11 is 9.24. The molecule has 2 aromatic rings. The summed E-state index contributed by atoms with van der Waals surface area (Å²) in [5.41, 5.74) is 6.22. The van der Waals surface area contributed by atoms with Gasteiger partial charge in [0.25, 0.3) is 0 Å². The second-order valence-corrected chi connectivity index (χ2v) is 4.45. The van der Waals surface area contributed by atoms with Gasteiger partial charge in [-0.25, -0.2) is 0 Å². The molecule has 0 spiro atoms. The molecule has 0 saturated heterocycles. The van der Waals surface area contributed by atoms with Gasteiger partial charge in [-0.2, -0.15) is 0 Å². The van der Waals surface area contributed by atoms with E-state index < -0.39 is 0 Å². The highest BCUT2D eigenvalue weighted by molar-refractivity contribution is 9.10. The highest BCUT2D eigenvalue weighted by atomic mass is 79.9. The summed E-state index contributed by atoms with van der Waals surface area (Å²) in [4.78, 5) is 0. The van der Waals surface area contributed by atoms with Gasteiger partial charge >= 0.3 is 0 Å². The molecular formula is C10H9BrClN3O. The summed E-state index contributed by atoms with van der Waals surface area (Å²) in [5, 5.41) is 8.50. The van der Waals surface area contributed by atoms with Gasteiger partial charge in [0.15, 0.2) is 0 Å². The van der Waals surface area contributed by atoms with Crippen molar-refractivity contribution in [2.75, 3.05) is 6.54 Å². The van der Waals surface area contributed by atoms with Crippen LogP contribution in [0.1, 0.15) is 5.89 Å². The Morgan fingerprint density at radius 3 is 2.88 bits per heavy atom. The number of hydrogen-bond acceptors (Lipinski definition) is 4. The van der Waals surface area contributed by atoms with Crippen molar-refractivity contribution in [2.24, 2.45) is 5.73 Å². The molecule has 0 aliphatic rings. The zero-order chi connectivity index (χ0) is 11.5. The normalized spacial score (nSPS) is 10.7. The van der Waals surface area contributed by atoms with Crippen molar-refractivity contribution < 1.29 is 4.42 Å². The van der Waals surface area contributed by atoms with Crippen LogP contribution >= 0.6 is 27.5 Å². The molecule has 0 aliphatic heterocycles. The number of hydrogen-bond donors (Lipinski definition) is 1. The molecule has 0 bridgehead atoms. The van der Waals surface area contributed by atoms with Gasteiger partial charge in [0.2, 0.25) is 11.8 Å². The fraction of sp³-hybridized carbons (Fsp3) is 0.200. The van der Waals surface area contributed by atoms with Gasteiger partial charge in [-0.15, -0.1) is 10.2 Å². The molecule has 0 amide bonds. The molecule has 16 heavy (non-hydrogen) atoms. The zero-order valence-electron chi connectivity index (χ0n) is 8.28. The van der Waals surface area contributed by atoms with Crippen molar-refractivity contribution in [3.63, 3.8) is 0 Å². The molecule has 0 saturated carbocycles. The summed E-state index contributed by atoms with van der Waals surface area (Å²) in [6, 6.07) is 5.38. The van der Waals surface area contributed by atoms with E-state index in [0.29, 0.717) is 29.8 Å². The van der Waals surface area contributed by atoms with Crippen LogP contribution in [0.15, 0.2) is 27.1 Å². The van der Waals surface area contributed by atoms with Crippen LogP contribution in [-0.4, -0.2) is 16.7 Å². The van der Waals surface area contributed by atoms with Crippen molar-refractivity contribution in [2.45, 2.75) is 6.42 Å². The highest BCUT2D eigenvalue weighted by Crippen LogP contribution is 2.29. The van der Waals surface area contributed by atoms with E-state index in [1.807, 2.05) is 6.07 Å². The van der Waals surface area contributed by atoms with Crippen LogP contribution in [-0.2, 0) is 6.42 Å². The molecule has 0 unspecified atom stereocenters. The Morgan fingerprint density at radius 2 is 2.19 bits per heavy atom. The van der Waals surface area contributed by atoms with Gasteiger partial charge < -0.3 is 10.2 Å². The van der Waals surface area contributed by atoms with E-state index in [-0.39, 0.29) is 0 Å². The topological polar surface area (TPSA) is 64.9 Å². The fourth-order valence-corrected chi connectivity index (χ4v) is 2.10. The van der Waals surface area contributed by atoms with Crippen LogP contribution in [0.3, 0.4) is 0 Å². The maximum Gasteiger partial charge on any atom is 0.248 e. The molecular weight excluding hydrogens is 293 g/mol. The Balaban J connectivity index is 2.35. The summed E-state index contributed by atoms with van der Waals surface area (Å²) in [6.45, 7) is 0.490. The summed E-state index contributed by atoms with van der Waals surface area (Å²) in [7, 11) is 0. The zero-order valence-corrected chi connectivity index (χ0v) is 10.6. The lowest BCUT2D eigenvalue weighted by Crippen LogP contribution is -2.02. The SMILES string of the molecule is NCCc1nnc(-c2ccc(Cl)cc2Br)o1. The molecule has 84 valence electrons. The number of nitrogens with two attached hydrogens (primary N) is 1. The van der Waals surface area contributed by atoms with Crippen molar-refractivity contribution in [1.29, 1.82) is 0 Å². The van der Waals surface area contributed by atoms with E-state index in [9.17, 15) is 0 Å². The van der Waals surface area contributed by atoms with Crippen molar-refractivity contribution in [3.05, 3.63) is 33.6 Å². The van der Waals surface area contributed by atoms with Gasteiger partial charge in [-0.05, 0) is 34.1 Å². The average molecular weight is 303 g/mol. The molecule has 2 rings (SSSR count). The Kier molecular flexibility index (Phi) is 3.58. The third-order valence-electron chi connectivity index (χ3n) is 1.99. The number of benzene rings is 1. The van der Waals surface area contributed by atoms with Crippen LogP contribution < -0.4 is 5.73 Å². The first kappa shape index (κ1) is 11.6. The molecule has 0 aliphatic carbocycles. The van der Waals surface area contributed by atoms with E-state index >= 15 is 0 Å². The molecule has 1 aromatic heterocycles. The van der Waals surface area contributed by atoms with Crippen LogP contribution in [0.2, 0.25) is 5.02 Å². The Hall–Kier alpha value is -0.910. The minimum absolute atomic E-state index is 0.465. The Bertz CT molecular complexity index is 501. The third kappa shape index (κ3) is 2.42.